The lowest BCUT2D eigenvalue weighted by molar-refractivity contribution is 0.0679. The van der Waals surface area contributed by atoms with Gasteiger partial charge in [0, 0.05) is 11.1 Å². The zero-order valence-electron chi connectivity index (χ0n) is 9.11. The zero-order chi connectivity index (χ0) is 13.1. The average molecular weight is 251 g/mol. The molecule has 0 aliphatic heterocycles. The Bertz CT molecular complexity index is 549. The highest BCUT2D eigenvalue weighted by Crippen LogP contribution is 2.18. The maximum atomic E-state index is 12.7. The van der Waals surface area contributed by atoms with E-state index in [9.17, 15) is 18.0 Å². The van der Waals surface area contributed by atoms with E-state index in [4.69, 9.17) is 0 Å². The van der Waals surface area contributed by atoms with Crippen molar-refractivity contribution in [2.75, 3.05) is 0 Å². The normalized spacial score (nSPS) is 10.7. The summed E-state index contributed by atoms with van der Waals surface area (Å²) in [7, 11) is 0. The van der Waals surface area contributed by atoms with Crippen LogP contribution in [0.5, 0.6) is 0 Å². The Morgan fingerprint density at radius 3 is 2.22 bits per heavy atom. The van der Waals surface area contributed by atoms with Gasteiger partial charge in [-0.05, 0) is 12.1 Å². The van der Waals surface area contributed by atoms with Crippen LogP contribution in [0.25, 0.3) is 11.3 Å². The third-order valence-electron chi connectivity index (χ3n) is 2.39. The van der Waals surface area contributed by atoms with Crippen LogP contribution in [0.1, 0.15) is 10.4 Å². The Hall–Kier alpha value is -2.17. The Morgan fingerprint density at radius 2 is 1.72 bits per heavy atom. The molecule has 0 radical (unpaired) electrons. The average Bonchev–Trinajstić information content (AvgIpc) is 2.39. The van der Waals surface area contributed by atoms with Crippen molar-refractivity contribution < 1.29 is 18.0 Å². The molecule has 0 unspecified atom stereocenters. The summed E-state index contributed by atoms with van der Waals surface area (Å²) in [5.41, 5.74) is 1.07. The van der Waals surface area contributed by atoms with Crippen LogP contribution in [-0.4, -0.2) is 17.2 Å². The highest BCUT2D eigenvalue weighted by atomic mass is 19.3. The summed E-state index contributed by atoms with van der Waals surface area (Å²) < 4.78 is 37.0. The minimum absolute atomic E-state index is 0.0594. The van der Waals surface area contributed by atoms with Gasteiger partial charge in [0.15, 0.2) is 0 Å². The van der Waals surface area contributed by atoms with Gasteiger partial charge >= 0.3 is 6.43 Å². The number of carbonyl (C=O) groups is 1. The molecule has 0 saturated heterocycles. The van der Waals surface area contributed by atoms with Crippen molar-refractivity contribution in [3.8, 4) is 11.3 Å². The molecule has 0 amide bonds. The number of carbonyl (C=O) groups excluding carboxylic acids is 1. The molecule has 2 aromatic rings. The Labute approximate surface area is 101 Å². The third-order valence-corrected chi connectivity index (χ3v) is 2.39. The Kier molecular flexibility index (Phi) is 3.41. The van der Waals surface area contributed by atoms with Crippen LogP contribution in [0, 0.1) is 5.82 Å². The first-order chi connectivity index (χ1) is 8.58. The number of benzene rings is 1. The fourth-order valence-corrected chi connectivity index (χ4v) is 1.48. The molecule has 18 heavy (non-hydrogen) atoms. The molecule has 2 rings (SSSR count). The number of hydrogen-bond acceptors (Lipinski definition) is 2. The number of halogens is 3. The number of rotatable bonds is 3. The molecular formula is C13H8F3NO. The molecule has 0 fully saturated rings. The summed E-state index contributed by atoms with van der Waals surface area (Å²) in [6.07, 6.45) is -1.95. The monoisotopic (exact) mass is 251 g/mol. The number of nitrogens with zero attached hydrogens (tertiary/aromatic N) is 1. The molecule has 0 atom stereocenters. The van der Waals surface area contributed by atoms with Crippen LogP contribution in [0.3, 0.4) is 0 Å². The van der Waals surface area contributed by atoms with Crippen LogP contribution in [0.15, 0.2) is 42.6 Å². The fourth-order valence-electron chi connectivity index (χ4n) is 1.48. The Balaban J connectivity index is 2.27. The minimum Gasteiger partial charge on any atom is -0.288 e. The van der Waals surface area contributed by atoms with Crippen molar-refractivity contribution in [1.29, 1.82) is 0 Å². The molecule has 0 aliphatic rings. The Morgan fingerprint density at radius 1 is 1.06 bits per heavy atom. The standard InChI is InChI=1S/C13H8F3NO/c14-10-5-6-11(17-7-10)8-1-3-9(4-2-8)12(18)13(15)16/h1-7,13H. The van der Waals surface area contributed by atoms with E-state index < -0.39 is 18.0 Å². The topological polar surface area (TPSA) is 30.0 Å². The number of alkyl halides is 2. The summed E-state index contributed by atoms with van der Waals surface area (Å²) >= 11 is 0. The van der Waals surface area contributed by atoms with Crippen molar-refractivity contribution in [3.05, 3.63) is 54.0 Å². The van der Waals surface area contributed by atoms with E-state index in [1.807, 2.05) is 0 Å². The molecule has 1 aromatic carbocycles. The molecule has 2 nitrogen and oxygen atoms in total. The lowest BCUT2D eigenvalue weighted by atomic mass is 10.1. The number of ketones is 1. The van der Waals surface area contributed by atoms with Crippen LogP contribution in [0.4, 0.5) is 13.2 Å². The van der Waals surface area contributed by atoms with Crippen molar-refractivity contribution in [1.82, 2.24) is 4.98 Å². The van der Waals surface area contributed by atoms with Gasteiger partial charge < -0.3 is 0 Å². The predicted octanol–water partition coefficient (Wildman–Crippen LogP) is 3.34. The van der Waals surface area contributed by atoms with Gasteiger partial charge in [0.05, 0.1) is 11.9 Å². The minimum atomic E-state index is -3.01. The van der Waals surface area contributed by atoms with Crippen LogP contribution in [0.2, 0.25) is 0 Å². The first-order valence-corrected chi connectivity index (χ1v) is 5.12. The fraction of sp³-hybridized carbons (Fsp3) is 0.0769. The van der Waals surface area contributed by atoms with Gasteiger partial charge in [-0.25, -0.2) is 13.2 Å². The van der Waals surface area contributed by atoms with Gasteiger partial charge in [0.1, 0.15) is 5.82 Å². The van der Waals surface area contributed by atoms with E-state index in [-0.39, 0.29) is 5.56 Å². The van der Waals surface area contributed by atoms with E-state index >= 15 is 0 Å². The quantitative estimate of drug-likeness (QED) is 0.783. The molecule has 0 bridgehead atoms. The third kappa shape index (κ3) is 2.56. The van der Waals surface area contributed by atoms with Crippen molar-refractivity contribution >= 4 is 5.78 Å². The molecule has 5 heteroatoms. The number of aromatic nitrogens is 1. The van der Waals surface area contributed by atoms with E-state index in [1.165, 1.54) is 36.4 Å². The van der Waals surface area contributed by atoms with Gasteiger partial charge in [-0.1, -0.05) is 24.3 Å². The van der Waals surface area contributed by atoms with Crippen LogP contribution < -0.4 is 0 Å². The van der Waals surface area contributed by atoms with Gasteiger partial charge in [-0.3, -0.25) is 9.78 Å². The second kappa shape index (κ2) is 5.00. The van der Waals surface area contributed by atoms with Gasteiger partial charge in [-0.2, -0.15) is 0 Å². The largest absolute Gasteiger partial charge is 0.300 e. The highest BCUT2D eigenvalue weighted by molar-refractivity contribution is 5.98. The first-order valence-electron chi connectivity index (χ1n) is 5.12. The SMILES string of the molecule is O=C(c1ccc(-c2ccc(F)cn2)cc1)C(F)F. The number of pyridine rings is 1. The lowest BCUT2D eigenvalue weighted by Gasteiger charge is -2.03. The molecule has 0 N–H and O–H groups in total. The smallest absolute Gasteiger partial charge is 0.288 e. The van der Waals surface area contributed by atoms with Crippen LogP contribution in [-0.2, 0) is 0 Å². The van der Waals surface area contributed by atoms with Crippen molar-refractivity contribution in [2.45, 2.75) is 6.43 Å². The summed E-state index contributed by atoms with van der Waals surface area (Å²) in [4.78, 5) is 14.9. The van der Waals surface area contributed by atoms with E-state index in [2.05, 4.69) is 4.98 Å². The molecule has 1 heterocycles. The number of Topliss-reactive ketones (excluding diaryl/α,β-unsaturated/α-hetero) is 1. The molecule has 92 valence electrons. The molecule has 1 aromatic heterocycles. The van der Waals surface area contributed by atoms with Crippen LogP contribution >= 0.6 is 0 Å². The highest BCUT2D eigenvalue weighted by Gasteiger charge is 2.17. The van der Waals surface area contributed by atoms with E-state index in [1.54, 1.807) is 0 Å². The maximum absolute atomic E-state index is 12.7. The van der Waals surface area contributed by atoms with E-state index in [0.29, 0.717) is 11.3 Å². The second-order valence-electron chi connectivity index (χ2n) is 3.60. The summed E-state index contributed by atoms with van der Waals surface area (Å²) in [5, 5.41) is 0. The predicted molar refractivity (Wildman–Crippen MR) is 60.0 cm³/mol. The molecule has 0 spiro atoms. The summed E-state index contributed by atoms with van der Waals surface area (Å²) in [6, 6.07) is 8.31. The van der Waals surface area contributed by atoms with Crippen molar-refractivity contribution in [2.24, 2.45) is 0 Å². The summed E-state index contributed by atoms with van der Waals surface area (Å²) in [5.74, 6) is -1.67. The second-order valence-corrected chi connectivity index (χ2v) is 3.60. The molecular weight excluding hydrogens is 243 g/mol. The first kappa shape index (κ1) is 12.3. The molecule has 0 saturated carbocycles. The summed E-state index contributed by atoms with van der Waals surface area (Å²) in [6.45, 7) is 0. The van der Waals surface area contributed by atoms with Crippen molar-refractivity contribution in [3.63, 3.8) is 0 Å². The molecule has 0 aliphatic carbocycles. The lowest BCUT2D eigenvalue weighted by Crippen LogP contribution is -2.09. The van der Waals surface area contributed by atoms with E-state index in [0.717, 1.165) is 6.20 Å². The number of hydrogen-bond donors (Lipinski definition) is 0. The zero-order valence-corrected chi connectivity index (χ0v) is 9.11. The van der Waals surface area contributed by atoms with Gasteiger partial charge in [0.25, 0.3) is 0 Å². The van der Waals surface area contributed by atoms with Gasteiger partial charge in [-0.15, -0.1) is 0 Å². The van der Waals surface area contributed by atoms with Gasteiger partial charge in [0.2, 0.25) is 5.78 Å². The maximum Gasteiger partial charge on any atom is 0.300 e.